The standard InChI is InChI=1S/C18H27BrO2/c1-3-4-5-6-7-8-9-10-11-18(20)16-14-15(21-2)12-13-17(16)19/h12-14H,3-11H2,1-2H3. The molecule has 3 heteroatoms. The second-order valence-corrected chi connectivity index (χ2v) is 6.35. The molecule has 0 amide bonds. The Bertz CT molecular complexity index is 429. The van der Waals surface area contributed by atoms with Crippen LogP contribution in [0.3, 0.4) is 0 Å². The van der Waals surface area contributed by atoms with Gasteiger partial charge in [0, 0.05) is 16.5 Å². The molecule has 21 heavy (non-hydrogen) atoms. The van der Waals surface area contributed by atoms with Gasteiger partial charge in [0.15, 0.2) is 5.78 Å². The number of halogens is 1. The van der Waals surface area contributed by atoms with E-state index in [0.29, 0.717) is 6.42 Å². The molecule has 0 atom stereocenters. The number of methoxy groups -OCH3 is 1. The molecule has 0 aliphatic heterocycles. The van der Waals surface area contributed by atoms with Crippen LogP contribution < -0.4 is 4.74 Å². The van der Waals surface area contributed by atoms with Crippen molar-refractivity contribution in [2.24, 2.45) is 0 Å². The Labute approximate surface area is 137 Å². The number of hydrogen-bond acceptors (Lipinski definition) is 2. The predicted molar refractivity (Wildman–Crippen MR) is 92.3 cm³/mol. The third kappa shape index (κ3) is 7.12. The van der Waals surface area contributed by atoms with Crippen LogP contribution in [-0.2, 0) is 0 Å². The quantitative estimate of drug-likeness (QED) is 0.350. The van der Waals surface area contributed by atoms with Crippen molar-refractivity contribution in [2.45, 2.75) is 64.7 Å². The summed E-state index contributed by atoms with van der Waals surface area (Å²) in [6.45, 7) is 2.24. The van der Waals surface area contributed by atoms with Crippen LogP contribution in [0.1, 0.15) is 75.1 Å². The van der Waals surface area contributed by atoms with Crippen LogP contribution in [0.5, 0.6) is 5.75 Å². The summed E-state index contributed by atoms with van der Waals surface area (Å²) in [5, 5.41) is 0. The van der Waals surface area contributed by atoms with Gasteiger partial charge in [-0.3, -0.25) is 4.79 Å². The molecule has 0 radical (unpaired) electrons. The average Bonchev–Trinajstić information content (AvgIpc) is 2.50. The highest BCUT2D eigenvalue weighted by Gasteiger charge is 2.11. The summed E-state index contributed by atoms with van der Waals surface area (Å²) in [5.74, 6) is 0.934. The topological polar surface area (TPSA) is 26.3 Å². The van der Waals surface area contributed by atoms with Crippen LogP contribution in [0.15, 0.2) is 22.7 Å². The Morgan fingerprint density at radius 1 is 1.05 bits per heavy atom. The van der Waals surface area contributed by atoms with Crippen molar-refractivity contribution in [3.05, 3.63) is 28.2 Å². The van der Waals surface area contributed by atoms with E-state index in [-0.39, 0.29) is 5.78 Å². The zero-order valence-corrected chi connectivity index (χ0v) is 14.9. The molecule has 0 heterocycles. The summed E-state index contributed by atoms with van der Waals surface area (Å²) in [4.78, 5) is 12.2. The van der Waals surface area contributed by atoms with E-state index in [1.54, 1.807) is 7.11 Å². The van der Waals surface area contributed by atoms with Crippen molar-refractivity contribution in [2.75, 3.05) is 7.11 Å². The highest BCUT2D eigenvalue weighted by molar-refractivity contribution is 9.10. The average molecular weight is 355 g/mol. The Morgan fingerprint density at radius 3 is 2.29 bits per heavy atom. The van der Waals surface area contributed by atoms with Gasteiger partial charge in [0.2, 0.25) is 0 Å². The van der Waals surface area contributed by atoms with Gasteiger partial charge in [0.05, 0.1) is 7.11 Å². The fourth-order valence-electron chi connectivity index (χ4n) is 2.40. The van der Waals surface area contributed by atoms with Crippen molar-refractivity contribution in [3.8, 4) is 5.75 Å². The number of hydrogen-bond donors (Lipinski definition) is 0. The minimum Gasteiger partial charge on any atom is -0.497 e. The van der Waals surface area contributed by atoms with E-state index < -0.39 is 0 Å². The highest BCUT2D eigenvalue weighted by atomic mass is 79.9. The first kappa shape index (κ1) is 18.2. The summed E-state index contributed by atoms with van der Waals surface area (Å²) < 4.78 is 6.03. The predicted octanol–water partition coefficient (Wildman–Crippen LogP) is 6.17. The number of Topliss-reactive ketones (excluding diaryl/α,β-unsaturated/α-hetero) is 1. The van der Waals surface area contributed by atoms with Gasteiger partial charge >= 0.3 is 0 Å². The van der Waals surface area contributed by atoms with E-state index in [1.165, 1.54) is 38.5 Å². The van der Waals surface area contributed by atoms with Gasteiger partial charge in [-0.2, -0.15) is 0 Å². The molecule has 0 aliphatic rings. The lowest BCUT2D eigenvalue weighted by atomic mass is 10.0. The summed E-state index contributed by atoms with van der Waals surface area (Å²) in [5.41, 5.74) is 0.734. The SMILES string of the molecule is CCCCCCCCCCC(=O)c1cc(OC)ccc1Br. The molecule has 0 saturated heterocycles. The highest BCUT2D eigenvalue weighted by Crippen LogP contribution is 2.24. The van der Waals surface area contributed by atoms with Crippen molar-refractivity contribution in [1.82, 2.24) is 0 Å². The van der Waals surface area contributed by atoms with Crippen LogP contribution in [-0.4, -0.2) is 12.9 Å². The largest absolute Gasteiger partial charge is 0.497 e. The van der Waals surface area contributed by atoms with E-state index >= 15 is 0 Å². The lowest BCUT2D eigenvalue weighted by Crippen LogP contribution is -2.01. The molecular weight excluding hydrogens is 328 g/mol. The van der Waals surface area contributed by atoms with Gasteiger partial charge in [-0.1, -0.05) is 67.8 Å². The van der Waals surface area contributed by atoms with Crippen molar-refractivity contribution in [3.63, 3.8) is 0 Å². The van der Waals surface area contributed by atoms with Crippen LogP contribution >= 0.6 is 15.9 Å². The minimum absolute atomic E-state index is 0.201. The summed E-state index contributed by atoms with van der Waals surface area (Å²) >= 11 is 3.44. The maximum atomic E-state index is 12.2. The Kier molecular flexibility index (Phi) is 9.40. The zero-order valence-electron chi connectivity index (χ0n) is 13.3. The monoisotopic (exact) mass is 354 g/mol. The van der Waals surface area contributed by atoms with Crippen LogP contribution in [0, 0.1) is 0 Å². The maximum Gasteiger partial charge on any atom is 0.164 e. The number of carbonyl (C=O) groups is 1. The fraction of sp³-hybridized carbons (Fsp3) is 0.611. The van der Waals surface area contributed by atoms with Crippen LogP contribution in [0.25, 0.3) is 0 Å². The van der Waals surface area contributed by atoms with Crippen molar-refractivity contribution >= 4 is 21.7 Å². The van der Waals surface area contributed by atoms with Gasteiger partial charge in [-0.05, 0) is 24.6 Å². The second-order valence-electron chi connectivity index (χ2n) is 5.49. The summed E-state index contributed by atoms with van der Waals surface area (Å²) in [6, 6.07) is 5.55. The third-order valence-electron chi connectivity index (χ3n) is 3.73. The van der Waals surface area contributed by atoms with Gasteiger partial charge in [0.25, 0.3) is 0 Å². The Balaban J connectivity index is 2.25. The molecule has 1 aromatic rings. The Hall–Kier alpha value is -0.830. The lowest BCUT2D eigenvalue weighted by molar-refractivity contribution is 0.0978. The molecule has 0 fully saturated rings. The molecule has 118 valence electrons. The molecule has 0 spiro atoms. The van der Waals surface area contributed by atoms with Gasteiger partial charge < -0.3 is 4.74 Å². The smallest absolute Gasteiger partial charge is 0.164 e. The van der Waals surface area contributed by atoms with Crippen molar-refractivity contribution in [1.29, 1.82) is 0 Å². The number of benzene rings is 1. The number of ketones is 1. The van der Waals surface area contributed by atoms with E-state index in [1.807, 2.05) is 18.2 Å². The molecule has 0 aromatic heterocycles. The molecular formula is C18H27BrO2. The van der Waals surface area contributed by atoms with E-state index in [2.05, 4.69) is 22.9 Å². The molecule has 0 aliphatic carbocycles. The van der Waals surface area contributed by atoms with Crippen LogP contribution in [0.4, 0.5) is 0 Å². The number of carbonyl (C=O) groups excluding carboxylic acids is 1. The molecule has 1 aromatic carbocycles. The second kappa shape index (κ2) is 10.8. The maximum absolute atomic E-state index is 12.2. The van der Waals surface area contributed by atoms with Gasteiger partial charge in [0.1, 0.15) is 5.75 Å². The first-order chi connectivity index (χ1) is 10.2. The number of rotatable bonds is 11. The van der Waals surface area contributed by atoms with Crippen molar-refractivity contribution < 1.29 is 9.53 Å². The summed E-state index contributed by atoms with van der Waals surface area (Å²) in [6.07, 6.45) is 10.6. The lowest BCUT2D eigenvalue weighted by Gasteiger charge is -2.07. The number of unbranched alkanes of at least 4 members (excludes halogenated alkanes) is 7. The van der Waals surface area contributed by atoms with Gasteiger partial charge in [-0.25, -0.2) is 0 Å². The molecule has 0 saturated carbocycles. The number of ether oxygens (including phenoxy) is 1. The molecule has 2 nitrogen and oxygen atoms in total. The third-order valence-corrected chi connectivity index (χ3v) is 4.42. The molecule has 1 rings (SSSR count). The van der Waals surface area contributed by atoms with E-state index in [0.717, 1.165) is 28.6 Å². The van der Waals surface area contributed by atoms with Gasteiger partial charge in [-0.15, -0.1) is 0 Å². The first-order valence-corrected chi connectivity index (χ1v) is 8.85. The minimum atomic E-state index is 0.201. The Morgan fingerprint density at radius 2 is 1.67 bits per heavy atom. The van der Waals surface area contributed by atoms with Crippen LogP contribution in [0.2, 0.25) is 0 Å². The molecule has 0 bridgehead atoms. The van der Waals surface area contributed by atoms with E-state index in [4.69, 9.17) is 4.74 Å². The zero-order chi connectivity index (χ0) is 15.5. The summed E-state index contributed by atoms with van der Waals surface area (Å²) in [7, 11) is 1.62. The molecule has 0 N–H and O–H groups in total. The fourth-order valence-corrected chi connectivity index (χ4v) is 2.87. The first-order valence-electron chi connectivity index (χ1n) is 8.05. The van der Waals surface area contributed by atoms with E-state index in [9.17, 15) is 4.79 Å². The normalized spacial score (nSPS) is 10.6. The molecule has 0 unspecified atom stereocenters.